The summed E-state index contributed by atoms with van der Waals surface area (Å²) in [6, 6.07) is 12.2. The van der Waals surface area contributed by atoms with Gasteiger partial charge in [-0.25, -0.2) is 0 Å². The lowest BCUT2D eigenvalue weighted by Crippen LogP contribution is -2.24. The summed E-state index contributed by atoms with van der Waals surface area (Å²) in [5.41, 5.74) is 3.58. The van der Waals surface area contributed by atoms with Crippen molar-refractivity contribution in [3.8, 4) is 0 Å². The molecular weight excluding hydrogens is 268 g/mol. The van der Waals surface area contributed by atoms with Gasteiger partial charge in [0, 0.05) is 24.7 Å². The van der Waals surface area contributed by atoms with Crippen LogP contribution in [0.4, 0.5) is 0 Å². The summed E-state index contributed by atoms with van der Waals surface area (Å²) >= 11 is 1.63. The van der Waals surface area contributed by atoms with Gasteiger partial charge in [0.05, 0.1) is 5.75 Å². The number of nitrogens with zero attached hydrogens (tertiary/aromatic N) is 1. The van der Waals surface area contributed by atoms with Gasteiger partial charge in [-0.3, -0.25) is 9.78 Å². The summed E-state index contributed by atoms with van der Waals surface area (Å²) in [5.74, 6) is 1.42. The van der Waals surface area contributed by atoms with Gasteiger partial charge in [-0.15, -0.1) is 11.8 Å². The zero-order valence-electron chi connectivity index (χ0n) is 11.5. The summed E-state index contributed by atoms with van der Waals surface area (Å²) in [6.45, 7) is 2.63. The molecule has 0 spiro atoms. The van der Waals surface area contributed by atoms with Crippen molar-refractivity contribution >= 4 is 17.7 Å². The lowest BCUT2D eigenvalue weighted by atomic mass is 10.2. The van der Waals surface area contributed by atoms with Gasteiger partial charge in [-0.1, -0.05) is 29.8 Å². The minimum Gasteiger partial charge on any atom is -0.351 e. The zero-order chi connectivity index (χ0) is 14.2. The van der Waals surface area contributed by atoms with Crippen molar-refractivity contribution in [1.29, 1.82) is 0 Å². The molecule has 0 radical (unpaired) electrons. The van der Waals surface area contributed by atoms with E-state index < -0.39 is 0 Å². The zero-order valence-corrected chi connectivity index (χ0v) is 12.3. The number of benzene rings is 1. The smallest absolute Gasteiger partial charge is 0.230 e. The van der Waals surface area contributed by atoms with Crippen molar-refractivity contribution in [3.63, 3.8) is 0 Å². The Kier molecular flexibility index (Phi) is 5.62. The summed E-state index contributed by atoms with van der Waals surface area (Å²) in [7, 11) is 0. The maximum Gasteiger partial charge on any atom is 0.230 e. The fourth-order valence-electron chi connectivity index (χ4n) is 1.70. The van der Waals surface area contributed by atoms with Gasteiger partial charge in [-0.2, -0.15) is 0 Å². The van der Waals surface area contributed by atoms with Crippen LogP contribution < -0.4 is 5.32 Å². The van der Waals surface area contributed by atoms with E-state index in [-0.39, 0.29) is 5.91 Å². The Bertz CT molecular complexity index is 540. The highest BCUT2D eigenvalue weighted by atomic mass is 32.2. The van der Waals surface area contributed by atoms with E-state index in [4.69, 9.17) is 0 Å². The van der Waals surface area contributed by atoms with Crippen LogP contribution in [-0.2, 0) is 17.1 Å². The van der Waals surface area contributed by atoms with E-state index in [2.05, 4.69) is 41.5 Å². The summed E-state index contributed by atoms with van der Waals surface area (Å²) in [4.78, 5) is 15.7. The first kappa shape index (κ1) is 14.6. The number of carbonyl (C=O) groups excluding carboxylic acids is 1. The third kappa shape index (κ3) is 5.05. The Morgan fingerprint density at radius 3 is 2.50 bits per heavy atom. The Balaban J connectivity index is 1.66. The van der Waals surface area contributed by atoms with E-state index in [1.165, 1.54) is 11.1 Å². The number of rotatable bonds is 6. The molecule has 0 saturated carbocycles. The number of nitrogens with one attached hydrogen (secondary N) is 1. The van der Waals surface area contributed by atoms with Gasteiger partial charge >= 0.3 is 0 Å². The van der Waals surface area contributed by atoms with E-state index in [1.54, 1.807) is 24.2 Å². The van der Waals surface area contributed by atoms with Crippen LogP contribution in [0, 0.1) is 6.92 Å². The molecule has 0 aliphatic rings. The third-order valence-corrected chi connectivity index (χ3v) is 3.87. The summed E-state index contributed by atoms with van der Waals surface area (Å²) < 4.78 is 0. The van der Waals surface area contributed by atoms with Crippen molar-refractivity contribution in [2.45, 2.75) is 19.2 Å². The molecule has 1 aromatic heterocycles. The highest BCUT2D eigenvalue weighted by molar-refractivity contribution is 7.99. The Morgan fingerprint density at radius 2 is 1.80 bits per heavy atom. The normalized spacial score (nSPS) is 10.2. The van der Waals surface area contributed by atoms with Crippen molar-refractivity contribution in [2.75, 3.05) is 5.75 Å². The number of thioether (sulfide) groups is 1. The second-order valence-corrected chi connectivity index (χ2v) is 5.60. The first-order valence-corrected chi connectivity index (χ1v) is 7.68. The third-order valence-electron chi connectivity index (χ3n) is 2.86. The molecule has 2 rings (SSSR count). The van der Waals surface area contributed by atoms with Crippen molar-refractivity contribution in [1.82, 2.24) is 10.3 Å². The molecule has 20 heavy (non-hydrogen) atoms. The van der Waals surface area contributed by atoms with Crippen LogP contribution in [0.2, 0.25) is 0 Å². The number of carbonyl (C=O) groups is 1. The van der Waals surface area contributed by atoms with Gasteiger partial charge in [-0.05, 0) is 30.2 Å². The molecule has 0 fully saturated rings. The van der Waals surface area contributed by atoms with Crippen LogP contribution in [0.25, 0.3) is 0 Å². The fraction of sp³-hybridized carbons (Fsp3) is 0.250. The van der Waals surface area contributed by atoms with E-state index in [9.17, 15) is 4.79 Å². The molecule has 1 N–H and O–H groups in total. The number of hydrogen-bond donors (Lipinski definition) is 1. The first-order valence-electron chi connectivity index (χ1n) is 6.53. The number of aryl methyl sites for hydroxylation is 1. The average Bonchev–Trinajstić information content (AvgIpc) is 2.48. The van der Waals surface area contributed by atoms with Crippen LogP contribution in [0.3, 0.4) is 0 Å². The standard InChI is InChI=1S/C16H18N2OS/c1-13-2-4-15(5-3-13)11-20-12-16(19)18-10-14-6-8-17-9-7-14/h2-9H,10-12H2,1H3,(H,18,19). The van der Waals surface area contributed by atoms with Crippen LogP contribution in [0.1, 0.15) is 16.7 Å². The van der Waals surface area contributed by atoms with E-state index in [0.717, 1.165) is 11.3 Å². The fourth-order valence-corrected chi connectivity index (χ4v) is 2.52. The topological polar surface area (TPSA) is 42.0 Å². The van der Waals surface area contributed by atoms with Crippen molar-refractivity contribution < 1.29 is 4.79 Å². The number of aromatic nitrogens is 1. The van der Waals surface area contributed by atoms with Gasteiger partial charge in [0.1, 0.15) is 0 Å². The average molecular weight is 286 g/mol. The van der Waals surface area contributed by atoms with Crippen LogP contribution >= 0.6 is 11.8 Å². The molecule has 104 valence electrons. The summed E-state index contributed by atoms with van der Waals surface area (Å²) in [6.07, 6.45) is 3.46. The van der Waals surface area contributed by atoms with Gasteiger partial charge in [0.15, 0.2) is 0 Å². The second-order valence-electron chi connectivity index (χ2n) is 4.61. The predicted molar refractivity (Wildman–Crippen MR) is 83.4 cm³/mol. The minimum absolute atomic E-state index is 0.0684. The minimum atomic E-state index is 0.0684. The summed E-state index contributed by atoms with van der Waals surface area (Å²) in [5, 5.41) is 2.91. The molecule has 0 aliphatic heterocycles. The molecule has 4 heteroatoms. The molecule has 2 aromatic rings. The van der Waals surface area contributed by atoms with Gasteiger partial charge in [0.25, 0.3) is 0 Å². The number of pyridine rings is 1. The highest BCUT2D eigenvalue weighted by Gasteiger charge is 2.02. The van der Waals surface area contributed by atoms with Crippen LogP contribution in [0.5, 0.6) is 0 Å². The highest BCUT2D eigenvalue weighted by Crippen LogP contribution is 2.12. The van der Waals surface area contributed by atoms with E-state index in [1.807, 2.05) is 12.1 Å². The molecule has 1 aromatic carbocycles. The van der Waals surface area contributed by atoms with Gasteiger partial charge in [0.2, 0.25) is 5.91 Å². The van der Waals surface area contributed by atoms with E-state index in [0.29, 0.717) is 12.3 Å². The predicted octanol–water partition coefficient (Wildman–Crippen LogP) is 2.94. The van der Waals surface area contributed by atoms with Gasteiger partial charge < -0.3 is 5.32 Å². The van der Waals surface area contributed by atoms with Crippen LogP contribution in [-0.4, -0.2) is 16.6 Å². The van der Waals surface area contributed by atoms with Crippen molar-refractivity contribution in [2.24, 2.45) is 0 Å². The molecular formula is C16H18N2OS. The SMILES string of the molecule is Cc1ccc(CSCC(=O)NCc2ccncc2)cc1. The quantitative estimate of drug-likeness (QED) is 0.887. The molecule has 0 aliphatic carbocycles. The molecule has 1 heterocycles. The maximum absolute atomic E-state index is 11.7. The monoisotopic (exact) mass is 286 g/mol. The lowest BCUT2D eigenvalue weighted by molar-refractivity contribution is -0.118. The molecule has 0 saturated heterocycles. The first-order chi connectivity index (χ1) is 9.74. The molecule has 0 bridgehead atoms. The molecule has 0 unspecified atom stereocenters. The number of amides is 1. The second kappa shape index (κ2) is 7.70. The Morgan fingerprint density at radius 1 is 1.10 bits per heavy atom. The Hall–Kier alpha value is -1.81. The number of hydrogen-bond acceptors (Lipinski definition) is 3. The molecule has 1 amide bonds. The Labute approximate surface area is 123 Å². The van der Waals surface area contributed by atoms with Crippen molar-refractivity contribution in [3.05, 3.63) is 65.5 Å². The molecule has 3 nitrogen and oxygen atoms in total. The molecule has 0 atom stereocenters. The lowest BCUT2D eigenvalue weighted by Gasteiger charge is -2.05. The van der Waals surface area contributed by atoms with E-state index >= 15 is 0 Å². The maximum atomic E-state index is 11.7. The largest absolute Gasteiger partial charge is 0.351 e. The van der Waals surface area contributed by atoms with Crippen LogP contribution in [0.15, 0.2) is 48.8 Å².